The zero-order valence-corrected chi connectivity index (χ0v) is 12.2. The summed E-state index contributed by atoms with van der Waals surface area (Å²) in [4.78, 5) is 14.7. The average Bonchev–Trinajstić information content (AvgIpc) is 2.93. The number of benzene rings is 1. The lowest BCUT2D eigenvalue weighted by Crippen LogP contribution is -2.23. The van der Waals surface area contributed by atoms with Crippen LogP contribution < -0.4 is 4.72 Å². The van der Waals surface area contributed by atoms with Gasteiger partial charge < -0.3 is 4.98 Å². The Morgan fingerprint density at radius 1 is 1.19 bits per heavy atom. The first-order valence-electron chi connectivity index (χ1n) is 5.94. The fraction of sp³-hybridized carbons (Fsp3) is 0.0833. The van der Waals surface area contributed by atoms with Crippen molar-refractivity contribution in [3.63, 3.8) is 0 Å². The van der Waals surface area contributed by atoms with Crippen molar-refractivity contribution in [2.45, 2.75) is 11.4 Å². The fourth-order valence-corrected chi connectivity index (χ4v) is 3.00. The van der Waals surface area contributed by atoms with Crippen molar-refractivity contribution in [3.8, 4) is 0 Å². The van der Waals surface area contributed by atoms with E-state index in [1.807, 2.05) is 0 Å². The number of H-pyrrole nitrogens is 1. The van der Waals surface area contributed by atoms with Crippen LogP contribution in [-0.2, 0) is 16.6 Å². The lowest BCUT2D eigenvalue weighted by Gasteiger charge is -2.06. The normalized spacial score (nSPS) is 11.9. The van der Waals surface area contributed by atoms with E-state index in [-0.39, 0.29) is 16.6 Å². The van der Waals surface area contributed by atoms with E-state index in [4.69, 9.17) is 11.6 Å². The third-order valence-electron chi connectivity index (χ3n) is 2.84. The summed E-state index contributed by atoms with van der Waals surface area (Å²) >= 11 is 5.73. The van der Waals surface area contributed by atoms with Gasteiger partial charge in [0.25, 0.3) is 0 Å². The first-order valence-corrected chi connectivity index (χ1v) is 7.80. The molecule has 0 aliphatic heterocycles. The molecule has 21 heavy (non-hydrogen) atoms. The molecule has 0 bridgehead atoms. The summed E-state index contributed by atoms with van der Waals surface area (Å²) in [7, 11) is -3.64. The Hall–Kier alpha value is -2.03. The Bertz CT molecular complexity index is 893. The molecule has 0 saturated carbocycles. The topological polar surface area (TPSA) is 101 Å². The van der Waals surface area contributed by atoms with Crippen LogP contribution in [0.15, 0.2) is 41.8 Å². The van der Waals surface area contributed by atoms with Gasteiger partial charge in [-0.3, -0.25) is 0 Å². The Morgan fingerprint density at radius 3 is 2.86 bits per heavy atom. The Morgan fingerprint density at radius 2 is 2.05 bits per heavy atom. The summed E-state index contributed by atoms with van der Waals surface area (Å²) in [5.74, 6) is 0. The van der Waals surface area contributed by atoms with Crippen molar-refractivity contribution in [3.05, 3.63) is 47.8 Å². The standard InChI is InChI=1S/C12H10ClN5O2S/c13-12-3-8(14-6-17-12)5-18-21(19,20)9-1-2-10-11(4-9)16-7-15-10/h1-4,6-7,18H,5H2,(H,15,16). The van der Waals surface area contributed by atoms with Crippen molar-refractivity contribution in [2.24, 2.45) is 0 Å². The molecule has 0 atom stereocenters. The van der Waals surface area contributed by atoms with Gasteiger partial charge in [0.1, 0.15) is 11.5 Å². The van der Waals surface area contributed by atoms with Crippen LogP contribution in [0.3, 0.4) is 0 Å². The smallest absolute Gasteiger partial charge is 0.240 e. The molecule has 2 N–H and O–H groups in total. The Labute approximate surface area is 125 Å². The number of hydrogen-bond donors (Lipinski definition) is 2. The number of hydrogen-bond acceptors (Lipinski definition) is 5. The number of nitrogens with zero attached hydrogens (tertiary/aromatic N) is 3. The van der Waals surface area contributed by atoms with Crippen LogP contribution in [0.25, 0.3) is 11.0 Å². The summed E-state index contributed by atoms with van der Waals surface area (Å²) in [5, 5.41) is 0.262. The zero-order valence-electron chi connectivity index (χ0n) is 10.6. The summed E-state index contributed by atoms with van der Waals surface area (Å²) in [6, 6.07) is 6.17. The van der Waals surface area contributed by atoms with E-state index in [9.17, 15) is 8.42 Å². The monoisotopic (exact) mass is 323 g/mol. The highest BCUT2D eigenvalue weighted by atomic mass is 35.5. The number of aromatic nitrogens is 4. The van der Waals surface area contributed by atoms with Gasteiger partial charge in [0.2, 0.25) is 10.0 Å². The second-order valence-electron chi connectivity index (χ2n) is 4.24. The molecule has 3 aromatic rings. The molecule has 7 nitrogen and oxygen atoms in total. The number of rotatable bonds is 4. The average molecular weight is 324 g/mol. The molecule has 0 aliphatic rings. The molecule has 1 aromatic carbocycles. The molecule has 0 aliphatic carbocycles. The van der Waals surface area contributed by atoms with Gasteiger partial charge in [-0.25, -0.2) is 28.1 Å². The van der Waals surface area contributed by atoms with Gasteiger partial charge in [0, 0.05) is 0 Å². The molecule has 3 rings (SSSR count). The number of fused-ring (bicyclic) bond motifs is 1. The quantitative estimate of drug-likeness (QED) is 0.708. The molecule has 2 heterocycles. The highest BCUT2D eigenvalue weighted by Crippen LogP contribution is 2.16. The molecule has 0 amide bonds. The minimum absolute atomic E-state index is 0.0333. The van der Waals surface area contributed by atoms with Crippen LogP contribution in [0.1, 0.15) is 5.69 Å². The van der Waals surface area contributed by atoms with Gasteiger partial charge in [-0.1, -0.05) is 11.6 Å². The lowest BCUT2D eigenvalue weighted by molar-refractivity contribution is 0.580. The number of nitrogens with one attached hydrogen (secondary N) is 2. The van der Waals surface area contributed by atoms with Crippen LogP contribution in [0.5, 0.6) is 0 Å². The van der Waals surface area contributed by atoms with E-state index in [0.717, 1.165) is 0 Å². The van der Waals surface area contributed by atoms with Crippen LogP contribution >= 0.6 is 11.6 Å². The van der Waals surface area contributed by atoms with Crippen molar-refractivity contribution < 1.29 is 8.42 Å². The first kappa shape index (κ1) is 13.9. The van der Waals surface area contributed by atoms with E-state index in [1.165, 1.54) is 30.9 Å². The Kier molecular flexibility index (Phi) is 3.58. The van der Waals surface area contributed by atoms with E-state index in [0.29, 0.717) is 16.7 Å². The minimum Gasteiger partial charge on any atom is -0.345 e. The molecule has 0 spiro atoms. The van der Waals surface area contributed by atoms with Crippen molar-refractivity contribution in [2.75, 3.05) is 0 Å². The van der Waals surface area contributed by atoms with Crippen molar-refractivity contribution in [1.29, 1.82) is 0 Å². The molecule has 108 valence electrons. The van der Waals surface area contributed by atoms with E-state index >= 15 is 0 Å². The zero-order chi connectivity index (χ0) is 14.9. The van der Waals surface area contributed by atoms with E-state index in [2.05, 4.69) is 24.7 Å². The maximum absolute atomic E-state index is 12.2. The minimum atomic E-state index is -3.64. The van der Waals surface area contributed by atoms with Gasteiger partial charge in [-0.2, -0.15) is 0 Å². The number of sulfonamides is 1. The highest BCUT2D eigenvalue weighted by Gasteiger charge is 2.15. The van der Waals surface area contributed by atoms with Crippen LogP contribution in [0, 0.1) is 0 Å². The van der Waals surface area contributed by atoms with Gasteiger partial charge in [-0.05, 0) is 24.3 Å². The first-order chi connectivity index (χ1) is 10.0. The molecule has 0 radical (unpaired) electrons. The van der Waals surface area contributed by atoms with Crippen molar-refractivity contribution in [1.82, 2.24) is 24.7 Å². The van der Waals surface area contributed by atoms with Crippen LogP contribution in [-0.4, -0.2) is 28.4 Å². The van der Waals surface area contributed by atoms with Crippen molar-refractivity contribution >= 4 is 32.7 Å². The second-order valence-corrected chi connectivity index (χ2v) is 6.39. The molecular formula is C12H10ClN5O2S. The van der Waals surface area contributed by atoms with Gasteiger partial charge in [0.05, 0.1) is 34.5 Å². The molecule has 0 fully saturated rings. The molecule has 0 saturated heterocycles. The third-order valence-corrected chi connectivity index (χ3v) is 4.44. The van der Waals surface area contributed by atoms with E-state index < -0.39 is 10.0 Å². The van der Waals surface area contributed by atoms with Crippen LogP contribution in [0.4, 0.5) is 0 Å². The van der Waals surface area contributed by atoms with Crippen LogP contribution in [0.2, 0.25) is 5.15 Å². The predicted octanol–water partition coefficient (Wildman–Crippen LogP) is 1.48. The highest BCUT2D eigenvalue weighted by molar-refractivity contribution is 7.89. The summed E-state index contributed by atoms with van der Waals surface area (Å²) in [5.41, 5.74) is 1.85. The van der Waals surface area contributed by atoms with Gasteiger partial charge in [-0.15, -0.1) is 0 Å². The summed E-state index contributed by atoms with van der Waals surface area (Å²) in [6.07, 6.45) is 2.79. The third kappa shape index (κ3) is 3.02. The Balaban J connectivity index is 1.83. The second kappa shape index (κ2) is 5.40. The maximum Gasteiger partial charge on any atom is 0.240 e. The van der Waals surface area contributed by atoms with Gasteiger partial charge >= 0.3 is 0 Å². The molecule has 0 unspecified atom stereocenters. The molecule has 2 aromatic heterocycles. The fourth-order valence-electron chi connectivity index (χ4n) is 1.80. The summed E-state index contributed by atoms with van der Waals surface area (Å²) in [6.45, 7) is 0.0333. The number of halogens is 1. The number of aromatic amines is 1. The number of imidazole rings is 1. The largest absolute Gasteiger partial charge is 0.345 e. The predicted molar refractivity (Wildman–Crippen MR) is 77.2 cm³/mol. The van der Waals surface area contributed by atoms with E-state index in [1.54, 1.807) is 6.07 Å². The molecule has 9 heteroatoms. The summed E-state index contributed by atoms with van der Waals surface area (Å²) < 4.78 is 26.9. The van der Waals surface area contributed by atoms with Gasteiger partial charge in [0.15, 0.2) is 0 Å². The molecular weight excluding hydrogens is 314 g/mol. The lowest BCUT2D eigenvalue weighted by atomic mass is 10.3. The SMILES string of the molecule is O=S(=O)(NCc1cc(Cl)ncn1)c1ccc2nc[nH]c2c1. The maximum atomic E-state index is 12.2.